The third-order valence-electron chi connectivity index (χ3n) is 12.8. The fraction of sp³-hybridized carbons (Fsp3) is 0.111. The normalized spacial score (nSPS) is 14.4. The molecule has 2 heteroatoms. The van der Waals surface area contributed by atoms with Crippen molar-refractivity contribution < 1.29 is 0 Å². The van der Waals surface area contributed by atoms with Gasteiger partial charge in [-0.3, -0.25) is 0 Å². The minimum atomic E-state index is -0.138. The minimum Gasteiger partial charge on any atom is -0.310 e. The number of para-hydroxylation sites is 1. The molecular weight excluding hydrogens is 677 g/mol. The van der Waals surface area contributed by atoms with E-state index in [1.54, 1.807) is 0 Å². The molecule has 0 radical (unpaired) electrons. The first-order chi connectivity index (χ1) is 27.3. The molecule has 0 aliphatic heterocycles. The van der Waals surface area contributed by atoms with Crippen LogP contribution < -0.4 is 4.90 Å². The molecule has 0 atom stereocenters. The zero-order valence-electron chi connectivity index (χ0n) is 32.2. The minimum absolute atomic E-state index is 0.112. The molecule has 11 rings (SSSR count). The number of aromatic nitrogens is 1. The van der Waals surface area contributed by atoms with Crippen LogP contribution in [0, 0.1) is 0 Å². The largest absolute Gasteiger partial charge is 0.310 e. The van der Waals surface area contributed by atoms with Gasteiger partial charge in [0.05, 0.1) is 11.0 Å². The van der Waals surface area contributed by atoms with Crippen molar-refractivity contribution in [3.05, 3.63) is 204 Å². The molecule has 0 saturated carbocycles. The summed E-state index contributed by atoms with van der Waals surface area (Å²) in [5.41, 5.74) is 20.1. The Morgan fingerprint density at radius 2 is 0.929 bits per heavy atom. The van der Waals surface area contributed by atoms with Gasteiger partial charge in [0.15, 0.2) is 0 Å². The van der Waals surface area contributed by atoms with Gasteiger partial charge < -0.3 is 9.47 Å². The number of nitrogens with zero attached hydrogens (tertiary/aromatic N) is 2. The van der Waals surface area contributed by atoms with Gasteiger partial charge in [-0.15, -0.1) is 0 Å². The Balaban J connectivity index is 1.16. The number of hydrogen-bond acceptors (Lipinski definition) is 1. The first-order valence-electron chi connectivity index (χ1n) is 19.8. The molecule has 0 saturated heterocycles. The number of hydrogen-bond donors (Lipinski definition) is 0. The summed E-state index contributed by atoms with van der Waals surface area (Å²) >= 11 is 0. The number of anilines is 3. The molecule has 1 aromatic heterocycles. The van der Waals surface area contributed by atoms with Gasteiger partial charge in [0.1, 0.15) is 0 Å². The molecule has 1 heterocycles. The van der Waals surface area contributed by atoms with E-state index in [1.807, 2.05) is 0 Å². The lowest BCUT2D eigenvalue weighted by Gasteiger charge is -2.28. The van der Waals surface area contributed by atoms with E-state index in [0.717, 1.165) is 22.7 Å². The SMILES string of the molecule is CC1(C)c2ccccc2-c2ccc(N(c3ccc(-c4ccccc4)cc3)c3ccc4c5c6c(ccc5n(-c5ccccc5)c4c3)-c3ccccc3C6(C)C)cc21. The molecule has 0 fully saturated rings. The van der Waals surface area contributed by atoms with Gasteiger partial charge in [-0.1, -0.05) is 155 Å². The molecule has 9 aromatic rings. The summed E-state index contributed by atoms with van der Waals surface area (Å²) in [5, 5.41) is 2.61. The molecule has 0 spiro atoms. The van der Waals surface area contributed by atoms with Gasteiger partial charge in [-0.2, -0.15) is 0 Å². The van der Waals surface area contributed by atoms with Crippen LogP contribution in [0.25, 0.3) is 60.9 Å². The van der Waals surface area contributed by atoms with Crippen LogP contribution in [0.4, 0.5) is 17.1 Å². The van der Waals surface area contributed by atoms with Gasteiger partial charge in [-0.25, -0.2) is 0 Å². The van der Waals surface area contributed by atoms with Crippen LogP contribution >= 0.6 is 0 Å². The van der Waals surface area contributed by atoms with E-state index in [1.165, 1.54) is 77.4 Å². The number of benzene rings is 8. The third kappa shape index (κ3) is 4.62. The predicted octanol–water partition coefficient (Wildman–Crippen LogP) is 14.5. The van der Waals surface area contributed by atoms with E-state index in [0.29, 0.717) is 0 Å². The van der Waals surface area contributed by atoms with Crippen molar-refractivity contribution in [2.45, 2.75) is 38.5 Å². The second-order valence-corrected chi connectivity index (χ2v) is 16.6. The maximum atomic E-state index is 2.48. The molecule has 268 valence electrons. The van der Waals surface area contributed by atoms with E-state index < -0.39 is 0 Å². The molecule has 8 aromatic carbocycles. The maximum absolute atomic E-state index is 2.48. The molecule has 56 heavy (non-hydrogen) atoms. The Morgan fingerprint density at radius 1 is 0.393 bits per heavy atom. The highest BCUT2D eigenvalue weighted by atomic mass is 15.1. The van der Waals surface area contributed by atoms with Crippen LogP contribution in [0.3, 0.4) is 0 Å². The fourth-order valence-electron chi connectivity index (χ4n) is 10.1. The van der Waals surface area contributed by atoms with Crippen LogP contribution in [0.5, 0.6) is 0 Å². The zero-order chi connectivity index (χ0) is 37.8. The van der Waals surface area contributed by atoms with Crippen molar-refractivity contribution in [3.8, 4) is 39.1 Å². The predicted molar refractivity (Wildman–Crippen MR) is 236 cm³/mol. The van der Waals surface area contributed by atoms with Crippen molar-refractivity contribution >= 4 is 38.9 Å². The second kappa shape index (κ2) is 11.9. The maximum Gasteiger partial charge on any atom is 0.0562 e. The molecule has 2 nitrogen and oxygen atoms in total. The molecule has 0 unspecified atom stereocenters. The summed E-state index contributed by atoms with van der Waals surface area (Å²) in [5.74, 6) is 0. The molecular formula is C54H42N2. The van der Waals surface area contributed by atoms with Gasteiger partial charge in [0, 0.05) is 44.4 Å². The van der Waals surface area contributed by atoms with Crippen LogP contribution in [-0.2, 0) is 10.8 Å². The summed E-state index contributed by atoms with van der Waals surface area (Å²) in [6.07, 6.45) is 0. The average molecular weight is 719 g/mol. The standard InChI is InChI=1S/C54H42N2/c1-53(2)46-21-13-11-19-41(46)43-29-27-39(33-48(43)53)55(38-25-23-36(24-26-38)35-15-7-5-8-16-35)40-28-30-45-50(34-40)56(37-17-9-6-10-18-37)49-32-31-44-42-20-12-14-22-47(42)54(3,4)52(44)51(45)49/h5-34H,1-4H3. The highest BCUT2D eigenvalue weighted by Gasteiger charge is 2.39. The monoisotopic (exact) mass is 718 g/mol. The summed E-state index contributed by atoms with van der Waals surface area (Å²) in [6, 6.07) is 67.4. The number of rotatable bonds is 5. The number of fused-ring (bicyclic) bond motifs is 10. The van der Waals surface area contributed by atoms with Crippen LogP contribution in [-0.4, -0.2) is 4.57 Å². The van der Waals surface area contributed by atoms with Crippen LogP contribution in [0.2, 0.25) is 0 Å². The van der Waals surface area contributed by atoms with Gasteiger partial charge in [0.25, 0.3) is 0 Å². The zero-order valence-corrected chi connectivity index (χ0v) is 32.2. The van der Waals surface area contributed by atoms with Crippen molar-refractivity contribution in [1.82, 2.24) is 4.57 Å². The Morgan fingerprint density at radius 3 is 1.66 bits per heavy atom. The average Bonchev–Trinajstić information content (AvgIpc) is 3.78. The molecule has 2 aliphatic carbocycles. The highest BCUT2D eigenvalue weighted by molar-refractivity contribution is 6.15. The smallest absolute Gasteiger partial charge is 0.0562 e. The first-order valence-corrected chi connectivity index (χ1v) is 19.8. The summed E-state index contributed by atoms with van der Waals surface area (Å²) in [7, 11) is 0. The first kappa shape index (κ1) is 32.8. The topological polar surface area (TPSA) is 8.17 Å². The van der Waals surface area contributed by atoms with Crippen LogP contribution in [0.1, 0.15) is 49.9 Å². The molecule has 0 bridgehead atoms. The van der Waals surface area contributed by atoms with Gasteiger partial charge in [0.2, 0.25) is 0 Å². The van der Waals surface area contributed by atoms with Crippen LogP contribution in [0.15, 0.2) is 182 Å². The lowest BCUT2D eigenvalue weighted by atomic mass is 9.80. The third-order valence-corrected chi connectivity index (χ3v) is 12.8. The Kier molecular flexibility index (Phi) is 6.98. The molecule has 0 N–H and O–H groups in total. The van der Waals surface area contributed by atoms with Crippen molar-refractivity contribution in [1.29, 1.82) is 0 Å². The van der Waals surface area contributed by atoms with Gasteiger partial charge >= 0.3 is 0 Å². The summed E-state index contributed by atoms with van der Waals surface area (Å²) in [6.45, 7) is 9.52. The van der Waals surface area contributed by atoms with Crippen molar-refractivity contribution in [2.75, 3.05) is 4.90 Å². The summed E-state index contributed by atoms with van der Waals surface area (Å²) < 4.78 is 2.48. The lowest BCUT2D eigenvalue weighted by Crippen LogP contribution is -2.16. The van der Waals surface area contributed by atoms with E-state index in [4.69, 9.17) is 0 Å². The molecule has 0 amide bonds. The highest BCUT2D eigenvalue weighted by Crippen LogP contribution is 2.54. The Hall–Kier alpha value is -6.64. The summed E-state index contributed by atoms with van der Waals surface area (Å²) in [4.78, 5) is 2.45. The van der Waals surface area contributed by atoms with E-state index in [9.17, 15) is 0 Å². The van der Waals surface area contributed by atoms with Gasteiger partial charge in [-0.05, 0) is 110 Å². The second-order valence-electron chi connectivity index (χ2n) is 16.6. The molecule has 2 aliphatic rings. The lowest BCUT2D eigenvalue weighted by molar-refractivity contribution is 0.660. The Bertz CT molecular complexity index is 3000. The quantitative estimate of drug-likeness (QED) is 0.172. The van der Waals surface area contributed by atoms with Crippen molar-refractivity contribution in [3.63, 3.8) is 0 Å². The fourth-order valence-corrected chi connectivity index (χ4v) is 10.1. The van der Waals surface area contributed by atoms with E-state index in [2.05, 4.69) is 219 Å². The van der Waals surface area contributed by atoms with E-state index >= 15 is 0 Å². The van der Waals surface area contributed by atoms with Crippen molar-refractivity contribution in [2.24, 2.45) is 0 Å². The Labute approximate surface area is 328 Å². The van der Waals surface area contributed by atoms with E-state index in [-0.39, 0.29) is 10.8 Å².